The summed E-state index contributed by atoms with van der Waals surface area (Å²) in [5, 5.41) is 0.735. The number of hydrogen-bond donors (Lipinski definition) is 1. The fraction of sp³-hybridized carbons (Fsp3) is 0.318. The third kappa shape index (κ3) is 4.77. The van der Waals surface area contributed by atoms with Crippen LogP contribution in [0.15, 0.2) is 42.5 Å². The van der Waals surface area contributed by atoms with E-state index >= 15 is 0 Å². The highest BCUT2D eigenvalue weighted by Gasteiger charge is 2.24. The number of Topliss-reactive ketones (excluding diaryl/α,β-unsaturated/α-hetero) is 1. The normalized spacial score (nSPS) is 14.3. The van der Waals surface area contributed by atoms with Crippen LogP contribution in [-0.2, 0) is 4.75 Å². The molecule has 0 N–H and O–H groups in total. The van der Waals surface area contributed by atoms with Crippen molar-refractivity contribution in [2.45, 2.75) is 45.8 Å². The number of allylic oxidation sites excluding steroid dienone is 2. The maximum atomic E-state index is 11.7. The van der Waals surface area contributed by atoms with E-state index in [4.69, 9.17) is 24.2 Å². The Kier molecular flexibility index (Phi) is 6.18. The van der Waals surface area contributed by atoms with Gasteiger partial charge in [-0.1, -0.05) is 41.9 Å². The van der Waals surface area contributed by atoms with E-state index in [1.165, 1.54) is 5.57 Å². The summed E-state index contributed by atoms with van der Waals surface area (Å²) in [5.41, 5.74) is 6.35. The lowest BCUT2D eigenvalue weighted by Gasteiger charge is -2.27. The number of ketones is 1. The van der Waals surface area contributed by atoms with Crippen molar-refractivity contribution in [3.63, 3.8) is 0 Å². The fourth-order valence-electron chi connectivity index (χ4n) is 3.15. The first-order chi connectivity index (χ1) is 11.6. The van der Waals surface area contributed by atoms with Gasteiger partial charge in [0.05, 0.1) is 0 Å². The highest BCUT2D eigenvalue weighted by atomic mass is 35.5. The van der Waals surface area contributed by atoms with E-state index < -0.39 is 0 Å². The van der Waals surface area contributed by atoms with Gasteiger partial charge in [-0.3, -0.25) is 4.79 Å². The monoisotopic (exact) mass is 372 g/mol. The molecule has 0 aliphatic rings. The van der Waals surface area contributed by atoms with Crippen LogP contribution in [0.5, 0.6) is 0 Å². The number of carbonyl (C=O) groups excluding carboxylic acids is 1. The quantitative estimate of drug-likeness (QED) is 0.451. The molecule has 1 unspecified atom stereocenters. The minimum absolute atomic E-state index is 0.0968. The van der Waals surface area contributed by atoms with Crippen LogP contribution in [0.3, 0.4) is 0 Å². The smallest absolute Gasteiger partial charge is 0.160 e. The van der Waals surface area contributed by atoms with Crippen LogP contribution in [-0.4, -0.2) is 5.78 Å². The average molecular weight is 373 g/mol. The summed E-state index contributed by atoms with van der Waals surface area (Å²) in [5.74, 6) is 0.0968. The Bertz CT molecular complexity index is 814. The van der Waals surface area contributed by atoms with Crippen molar-refractivity contribution in [1.82, 2.24) is 0 Å². The number of benzene rings is 2. The summed E-state index contributed by atoms with van der Waals surface area (Å²) in [4.78, 5) is 11.7. The zero-order chi connectivity index (χ0) is 18.8. The zero-order valence-electron chi connectivity index (χ0n) is 15.5. The molecule has 2 aromatic carbocycles. The van der Waals surface area contributed by atoms with E-state index in [-0.39, 0.29) is 10.5 Å². The van der Waals surface area contributed by atoms with Gasteiger partial charge in [0.25, 0.3) is 0 Å². The second kappa shape index (κ2) is 7.80. The Morgan fingerprint density at radius 2 is 1.88 bits per heavy atom. The number of carbonyl (C=O) groups is 1. The maximum Gasteiger partial charge on any atom is 0.160 e. The van der Waals surface area contributed by atoms with Gasteiger partial charge in [0.2, 0.25) is 0 Å². The van der Waals surface area contributed by atoms with E-state index in [0.717, 1.165) is 39.3 Å². The average Bonchev–Trinajstić information content (AvgIpc) is 2.51. The molecule has 0 bridgehead atoms. The molecule has 0 spiro atoms. The van der Waals surface area contributed by atoms with Crippen molar-refractivity contribution in [2.24, 2.45) is 0 Å². The van der Waals surface area contributed by atoms with Crippen LogP contribution < -0.4 is 0 Å². The molecular formula is C22H25ClOS. The molecule has 2 aromatic rings. The molecule has 0 aromatic heterocycles. The minimum Gasteiger partial charge on any atom is -0.295 e. The van der Waals surface area contributed by atoms with E-state index in [2.05, 4.69) is 25.1 Å². The predicted octanol–water partition coefficient (Wildman–Crippen LogP) is 6.80. The zero-order valence-corrected chi connectivity index (χ0v) is 17.1. The molecule has 0 amide bonds. The van der Waals surface area contributed by atoms with Gasteiger partial charge in [0.1, 0.15) is 0 Å². The van der Waals surface area contributed by atoms with Crippen LogP contribution in [0.2, 0.25) is 5.02 Å². The molecule has 0 heterocycles. The molecular weight excluding hydrogens is 348 g/mol. The Balaban J connectivity index is 2.36. The first-order valence-electron chi connectivity index (χ1n) is 8.41. The summed E-state index contributed by atoms with van der Waals surface area (Å²) in [6.45, 7) is 9.77. The van der Waals surface area contributed by atoms with E-state index in [1.807, 2.05) is 45.0 Å². The molecule has 0 radical (unpaired) electrons. The number of halogens is 1. The number of hydrogen-bond acceptors (Lipinski definition) is 2. The molecule has 132 valence electrons. The Hall–Kier alpha value is -1.51. The molecule has 2 rings (SSSR count). The van der Waals surface area contributed by atoms with Gasteiger partial charge < -0.3 is 0 Å². The van der Waals surface area contributed by atoms with Crippen LogP contribution in [0, 0.1) is 13.8 Å². The van der Waals surface area contributed by atoms with Crippen molar-refractivity contribution in [3.8, 4) is 0 Å². The predicted molar refractivity (Wildman–Crippen MR) is 112 cm³/mol. The summed E-state index contributed by atoms with van der Waals surface area (Å²) in [6.07, 6.45) is 2.89. The summed E-state index contributed by atoms with van der Waals surface area (Å²) < 4.78 is -0.343. The van der Waals surface area contributed by atoms with E-state index in [1.54, 1.807) is 6.92 Å². The largest absolute Gasteiger partial charge is 0.295 e. The van der Waals surface area contributed by atoms with Gasteiger partial charge in [-0.05, 0) is 81.0 Å². The molecule has 0 saturated heterocycles. The molecule has 0 aliphatic carbocycles. The van der Waals surface area contributed by atoms with Crippen LogP contribution >= 0.6 is 24.2 Å². The van der Waals surface area contributed by atoms with E-state index in [0.29, 0.717) is 0 Å². The van der Waals surface area contributed by atoms with Crippen LogP contribution in [0.4, 0.5) is 0 Å². The van der Waals surface area contributed by atoms with Crippen molar-refractivity contribution in [1.29, 1.82) is 0 Å². The number of aryl methyl sites for hydroxylation is 2. The highest BCUT2D eigenvalue weighted by Crippen LogP contribution is 2.39. The maximum absolute atomic E-state index is 11.7. The molecule has 3 heteroatoms. The standard InChI is InChI=1S/C22H25ClOS/c1-6-17(18-7-8-21(16(4)24)15(3)11-18)13-22(5,25)19-9-14(2)10-20(23)12-19/h6-12,25H,13H2,1-5H3/b17-6+. The van der Waals surface area contributed by atoms with Gasteiger partial charge in [0.15, 0.2) is 5.78 Å². The molecule has 0 fully saturated rings. The third-order valence-corrected chi connectivity index (χ3v) is 5.16. The number of thiol groups is 1. The van der Waals surface area contributed by atoms with Crippen LogP contribution in [0.1, 0.15) is 59.8 Å². The van der Waals surface area contributed by atoms with Crippen molar-refractivity contribution >= 4 is 35.6 Å². The third-order valence-electron chi connectivity index (χ3n) is 4.52. The Morgan fingerprint density at radius 3 is 2.40 bits per heavy atom. The lowest BCUT2D eigenvalue weighted by Crippen LogP contribution is -2.15. The molecule has 0 saturated carbocycles. The lowest BCUT2D eigenvalue weighted by molar-refractivity contribution is 0.101. The van der Waals surface area contributed by atoms with Gasteiger partial charge >= 0.3 is 0 Å². The van der Waals surface area contributed by atoms with E-state index in [9.17, 15) is 4.79 Å². The lowest BCUT2D eigenvalue weighted by atomic mass is 9.87. The van der Waals surface area contributed by atoms with Gasteiger partial charge in [-0.25, -0.2) is 0 Å². The topological polar surface area (TPSA) is 17.1 Å². The molecule has 1 nitrogen and oxygen atoms in total. The Labute approximate surface area is 161 Å². The minimum atomic E-state index is -0.343. The second-order valence-corrected chi connectivity index (χ2v) is 8.29. The van der Waals surface area contributed by atoms with Crippen LogP contribution in [0.25, 0.3) is 5.57 Å². The van der Waals surface area contributed by atoms with Gasteiger partial charge in [-0.2, -0.15) is 12.6 Å². The highest BCUT2D eigenvalue weighted by molar-refractivity contribution is 7.81. The fourth-order valence-corrected chi connectivity index (χ4v) is 3.74. The molecule has 25 heavy (non-hydrogen) atoms. The Morgan fingerprint density at radius 1 is 1.20 bits per heavy atom. The molecule has 1 atom stereocenters. The first-order valence-corrected chi connectivity index (χ1v) is 9.24. The van der Waals surface area contributed by atoms with Crippen molar-refractivity contribution < 1.29 is 4.79 Å². The number of rotatable bonds is 5. The van der Waals surface area contributed by atoms with Gasteiger partial charge in [-0.15, -0.1) is 0 Å². The molecule has 0 aliphatic heterocycles. The summed E-state index contributed by atoms with van der Waals surface area (Å²) in [7, 11) is 0. The van der Waals surface area contributed by atoms with Gasteiger partial charge in [0, 0.05) is 15.3 Å². The van der Waals surface area contributed by atoms with Crippen molar-refractivity contribution in [3.05, 3.63) is 75.3 Å². The summed E-state index contributed by atoms with van der Waals surface area (Å²) in [6, 6.07) is 12.1. The van der Waals surface area contributed by atoms with Crippen molar-refractivity contribution in [2.75, 3.05) is 0 Å². The SMILES string of the molecule is C/C=C(\CC(C)(S)c1cc(C)cc(Cl)c1)c1ccc(C(C)=O)c(C)c1. The first kappa shape index (κ1) is 19.8. The second-order valence-electron chi connectivity index (χ2n) is 6.87. The summed E-state index contributed by atoms with van der Waals surface area (Å²) >= 11 is 11.2.